The summed E-state index contributed by atoms with van der Waals surface area (Å²) < 4.78 is 21.4. The van der Waals surface area contributed by atoms with Crippen LogP contribution in [0.5, 0.6) is 0 Å². The lowest BCUT2D eigenvalue weighted by atomic mass is 9.88. The number of hydrogen-bond donors (Lipinski definition) is 1. The Bertz CT molecular complexity index is 344. The zero-order chi connectivity index (χ0) is 12.3. The summed E-state index contributed by atoms with van der Waals surface area (Å²) in [7, 11) is -3.64. The molecule has 0 bridgehead atoms. The Morgan fingerprint density at radius 1 is 1.60 bits per heavy atom. The van der Waals surface area contributed by atoms with Gasteiger partial charge in [-0.15, -0.1) is 6.58 Å². The lowest BCUT2D eigenvalue weighted by Crippen LogP contribution is -2.49. The van der Waals surface area contributed by atoms with Crippen LogP contribution in [0.1, 0.15) is 26.7 Å². The van der Waals surface area contributed by atoms with Crippen molar-refractivity contribution in [1.29, 1.82) is 0 Å². The minimum atomic E-state index is -3.64. The Kier molecular flexibility index (Phi) is 4.52. The van der Waals surface area contributed by atoms with Gasteiger partial charge in [0, 0.05) is 6.26 Å². The van der Waals surface area contributed by atoms with E-state index in [0.717, 1.165) is 6.26 Å². The Hall–Kier alpha value is -0.840. The topological polar surface area (TPSA) is 71.4 Å². The van der Waals surface area contributed by atoms with Crippen LogP contribution in [0.2, 0.25) is 0 Å². The predicted octanol–water partition coefficient (Wildman–Crippen LogP) is 1.48. The highest BCUT2D eigenvalue weighted by molar-refractivity contribution is 7.92. The molecule has 0 fully saturated rings. The Balaban J connectivity index is 5.47. The monoisotopic (exact) mass is 234 g/mol. The molecule has 0 saturated heterocycles. The van der Waals surface area contributed by atoms with Crippen molar-refractivity contribution in [1.82, 2.24) is 0 Å². The molecule has 0 aliphatic rings. The van der Waals surface area contributed by atoms with Gasteiger partial charge in [-0.05, 0) is 19.3 Å². The molecule has 0 aromatic heterocycles. The van der Waals surface area contributed by atoms with Crippen LogP contribution in [0.4, 0.5) is 0 Å². The largest absolute Gasteiger partial charge is 0.480 e. The average Bonchev–Trinajstić information content (AvgIpc) is 2.10. The number of hydrogen-bond acceptors (Lipinski definition) is 3. The Labute approximate surface area is 90.9 Å². The van der Waals surface area contributed by atoms with E-state index < -0.39 is 26.5 Å². The number of rotatable bonds is 6. The van der Waals surface area contributed by atoms with Crippen molar-refractivity contribution in [2.75, 3.05) is 6.26 Å². The zero-order valence-electron chi connectivity index (χ0n) is 9.36. The van der Waals surface area contributed by atoms with Gasteiger partial charge in [0.2, 0.25) is 0 Å². The number of aliphatic carboxylic acids is 1. The van der Waals surface area contributed by atoms with Crippen LogP contribution in [-0.4, -0.2) is 30.5 Å². The first-order valence-electron chi connectivity index (χ1n) is 4.75. The Morgan fingerprint density at radius 2 is 2.07 bits per heavy atom. The number of sulfone groups is 1. The molecule has 2 unspecified atom stereocenters. The molecule has 5 heteroatoms. The van der Waals surface area contributed by atoms with Crippen LogP contribution in [0.25, 0.3) is 0 Å². The number of allylic oxidation sites excluding steroid dienone is 1. The molecule has 4 nitrogen and oxygen atoms in total. The fraction of sp³-hybridized carbons (Fsp3) is 0.700. The molecule has 0 saturated carbocycles. The molecule has 2 atom stereocenters. The van der Waals surface area contributed by atoms with E-state index >= 15 is 0 Å². The SMILES string of the molecule is C=CCC(CC)C(C)(C(=O)O)S(C)(=O)=O. The van der Waals surface area contributed by atoms with Gasteiger partial charge >= 0.3 is 5.97 Å². The fourth-order valence-corrected chi connectivity index (χ4v) is 2.80. The Morgan fingerprint density at radius 3 is 2.27 bits per heavy atom. The lowest BCUT2D eigenvalue weighted by molar-refractivity contribution is -0.141. The van der Waals surface area contributed by atoms with Crippen LogP contribution >= 0.6 is 0 Å². The summed E-state index contributed by atoms with van der Waals surface area (Å²) in [6, 6.07) is 0. The molecule has 1 N–H and O–H groups in total. The van der Waals surface area contributed by atoms with Crippen LogP contribution < -0.4 is 0 Å². The van der Waals surface area contributed by atoms with Gasteiger partial charge in [0.15, 0.2) is 14.6 Å². The molecule has 0 heterocycles. The summed E-state index contributed by atoms with van der Waals surface area (Å²) in [6.45, 7) is 6.56. The van der Waals surface area contributed by atoms with E-state index in [0.29, 0.717) is 12.8 Å². The molecule has 0 rings (SSSR count). The molecule has 0 aliphatic heterocycles. The van der Waals surface area contributed by atoms with Crippen molar-refractivity contribution in [3.05, 3.63) is 12.7 Å². The normalized spacial score (nSPS) is 17.8. The number of carbonyl (C=O) groups is 1. The molecule has 0 aromatic rings. The zero-order valence-corrected chi connectivity index (χ0v) is 10.2. The molecule has 88 valence electrons. The predicted molar refractivity (Wildman–Crippen MR) is 59.5 cm³/mol. The van der Waals surface area contributed by atoms with E-state index in [2.05, 4.69) is 6.58 Å². The maximum atomic E-state index is 11.6. The van der Waals surface area contributed by atoms with Crippen molar-refractivity contribution in [3.63, 3.8) is 0 Å². The van der Waals surface area contributed by atoms with E-state index in [4.69, 9.17) is 5.11 Å². The van der Waals surface area contributed by atoms with Crippen LogP contribution in [-0.2, 0) is 14.6 Å². The third kappa shape index (κ3) is 2.59. The van der Waals surface area contributed by atoms with E-state index in [1.165, 1.54) is 6.92 Å². The second-order valence-electron chi connectivity index (χ2n) is 3.81. The first-order chi connectivity index (χ1) is 6.71. The molecule has 0 aliphatic carbocycles. The third-order valence-corrected chi connectivity index (χ3v) is 4.97. The lowest BCUT2D eigenvalue weighted by Gasteiger charge is -2.30. The summed E-state index contributed by atoms with van der Waals surface area (Å²) in [5, 5.41) is 9.08. The molecule has 0 aromatic carbocycles. The van der Waals surface area contributed by atoms with E-state index in [1.54, 1.807) is 13.0 Å². The second-order valence-corrected chi connectivity index (χ2v) is 6.21. The van der Waals surface area contributed by atoms with Gasteiger partial charge in [-0.3, -0.25) is 4.79 Å². The maximum Gasteiger partial charge on any atom is 0.325 e. The van der Waals surface area contributed by atoms with Crippen molar-refractivity contribution in [2.45, 2.75) is 31.4 Å². The molecule has 15 heavy (non-hydrogen) atoms. The highest BCUT2D eigenvalue weighted by Gasteiger charge is 2.49. The molecular formula is C10H18O4S. The quantitative estimate of drug-likeness (QED) is 0.706. The van der Waals surface area contributed by atoms with Crippen LogP contribution in [0, 0.1) is 5.92 Å². The van der Waals surface area contributed by atoms with Gasteiger partial charge in [-0.2, -0.15) is 0 Å². The summed E-state index contributed by atoms with van der Waals surface area (Å²) in [6.07, 6.45) is 3.39. The van der Waals surface area contributed by atoms with Gasteiger partial charge < -0.3 is 5.11 Å². The van der Waals surface area contributed by atoms with Gasteiger partial charge in [0.25, 0.3) is 0 Å². The van der Waals surface area contributed by atoms with E-state index in [-0.39, 0.29) is 0 Å². The first-order valence-corrected chi connectivity index (χ1v) is 6.64. The summed E-state index contributed by atoms with van der Waals surface area (Å²) in [5.41, 5.74) is 0. The first kappa shape index (κ1) is 14.2. The van der Waals surface area contributed by atoms with E-state index in [1.807, 2.05) is 0 Å². The highest BCUT2D eigenvalue weighted by Crippen LogP contribution is 2.32. The van der Waals surface area contributed by atoms with Crippen molar-refractivity contribution in [3.8, 4) is 0 Å². The standard InChI is InChI=1S/C10H18O4S/c1-5-7-8(6-2)10(3,9(11)12)15(4,13)14/h5,8H,1,6-7H2,2-4H3,(H,11,12). The molecule has 0 radical (unpaired) electrons. The van der Waals surface area contributed by atoms with E-state index in [9.17, 15) is 13.2 Å². The molecular weight excluding hydrogens is 216 g/mol. The van der Waals surface area contributed by atoms with Crippen LogP contribution in [0.15, 0.2) is 12.7 Å². The smallest absolute Gasteiger partial charge is 0.325 e. The summed E-state index contributed by atoms with van der Waals surface area (Å²) in [5.74, 6) is -1.74. The second kappa shape index (κ2) is 4.79. The van der Waals surface area contributed by atoms with Gasteiger partial charge in [0.1, 0.15) is 0 Å². The fourth-order valence-electron chi connectivity index (χ4n) is 1.62. The van der Waals surface area contributed by atoms with Gasteiger partial charge in [-0.25, -0.2) is 8.42 Å². The van der Waals surface area contributed by atoms with Crippen molar-refractivity contribution in [2.24, 2.45) is 5.92 Å². The number of carboxylic acids is 1. The minimum absolute atomic E-state index is 0.381. The third-order valence-electron chi connectivity index (χ3n) is 2.92. The molecule has 0 amide bonds. The average molecular weight is 234 g/mol. The van der Waals surface area contributed by atoms with Crippen molar-refractivity contribution < 1.29 is 18.3 Å². The van der Waals surface area contributed by atoms with Gasteiger partial charge in [0.05, 0.1) is 0 Å². The maximum absolute atomic E-state index is 11.6. The summed E-state index contributed by atoms with van der Waals surface area (Å²) in [4.78, 5) is 11.1. The summed E-state index contributed by atoms with van der Waals surface area (Å²) >= 11 is 0. The highest BCUT2D eigenvalue weighted by atomic mass is 32.2. The van der Waals surface area contributed by atoms with Gasteiger partial charge in [-0.1, -0.05) is 19.4 Å². The molecule has 0 spiro atoms. The number of carboxylic acid groups (broad SMARTS) is 1. The van der Waals surface area contributed by atoms with Crippen molar-refractivity contribution >= 4 is 15.8 Å². The minimum Gasteiger partial charge on any atom is -0.480 e. The van der Waals surface area contributed by atoms with Crippen LogP contribution in [0.3, 0.4) is 0 Å².